The molecule has 2 atom stereocenters. The van der Waals surface area contributed by atoms with E-state index in [4.69, 9.17) is 4.74 Å². The molecule has 0 aliphatic heterocycles. The van der Waals surface area contributed by atoms with Gasteiger partial charge < -0.3 is 15.4 Å². The van der Waals surface area contributed by atoms with Crippen molar-refractivity contribution in [3.63, 3.8) is 0 Å². The maximum Gasteiger partial charge on any atom is 0.270 e. The van der Waals surface area contributed by atoms with Crippen LogP contribution in [0.5, 0.6) is 0 Å². The maximum atomic E-state index is 13.2. The highest BCUT2D eigenvalue weighted by molar-refractivity contribution is 5.92. The summed E-state index contributed by atoms with van der Waals surface area (Å²) < 4.78 is 31.8. The normalized spacial score (nSPS) is 14.3. The molecule has 2 aromatic rings. The van der Waals surface area contributed by atoms with Crippen molar-refractivity contribution < 1.29 is 18.3 Å². The molecule has 6 nitrogen and oxygen atoms in total. The van der Waals surface area contributed by atoms with Crippen molar-refractivity contribution in [3.05, 3.63) is 54.1 Å². The molecule has 1 amide bonds. The van der Waals surface area contributed by atoms with Crippen LogP contribution in [0.3, 0.4) is 0 Å². The number of hydrogen-bond acceptors (Lipinski definition) is 5. The Labute approximate surface area is 151 Å². The number of aromatic nitrogens is 2. The quantitative estimate of drug-likeness (QED) is 0.705. The molecule has 2 heterocycles. The van der Waals surface area contributed by atoms with Gasteiger partial charge in [-0.25, -0.2) is 0 Å². The van der Waals surface area contributed by atoms with E-state index in [-0.39, 0.29) is 17.6 Å². The molecular weight excluding hydrogens is 342 g/mol. The molecule has 2 rings (SSSR count). The Morgan fingerprint density at radius 1 is 1.31 bits per heavy atom. The zero-order valence-corrected chi connectivity index (χ0v) is 14.9. The summed E-state index contributed by atoms with van der Waals surface area (Å²) >= 11 is 0. The molecule has 0 saturated heterocycles. The fraction of sp³-hybridized carbons (Fsp3) is 0.389. The van der Waals surface area contributed by atoms with Gasteiger partial charge in [-0.1, -0.05) is 13.0 Å². The van der Waals surface area contributed by atoms with Crippen LogP contribution in [0.15, 0.2) is 36.5 Å². The average molecular weight is 364 g/mol. The lowest BCUT2D eigenvalue weighted by atomic mass is 9.83. The molecule has 2 aromatic heterocycles. The number of carbonyl (C=O) groups is 1. The third-order valence-electron chi connectivity index (χ3n) is 4.22. The standard InChI is InChI=1S/C18H22F2N4O2/c1-12(23-17(25)14-6-4-5-7-21-14)18(2,11-26-3)10-22-13-8-15(19)24-16(20)9-13/h4-9,12H,10-11H2,1-3H3,(H,22,24)(H,23,25). The molecule has 0 aromatic carbocycles. The molecule has 0 fully saturated rings. The predicted octanol–water partition coefficient (Wildman–Crippen LogP) is 2.64. The topological polar surface area (TPSA) is 76.1 Å². The molecule has 0 spiro atoms. The first kappa shape index (κ1) is 19.7. The maximum absolute atomic E-state index is 13.2. The molecule has 8 heteroatoms. The molecule has 0 bridgehead atoms. The zero-order valence-electron chi connectivity index (χ0n) is 14.9. The summed E-state index contributed by atoms with van der Waals surface area (Å²) in [4.78, 5) is 19.4. The lowest BCUT2D eigenvalue weighted by Crippen LogP contribution is -2.50. The SMILES string of the molecule is COCC(C)(CNc1cc(F)nc(F)c1)C(C)NC(=O)c1ccccn1. The first-order valence-electron chi connectivity index (χ1n) is 8.12. The highest BCUT2D eigenvalue weighted by atomic mass is 19.1. The second-order valence-corrected chi connectivity index (χ2v) is 6.35. The Balaban J connectivity index is 2.07. The first-order valence-corrected chi connectivity index (χ1v) is 8.12. The van der Waals surface area contributed by atoms with Gasteiger partial charge in [0.2, 0.25) is 11.9 Å². The number of nitrogens with one attached hydrogen (secondary N) is 2. The van der Waals surface area contributed by atoms with Crippen LogP contribution in [-0.4, -0.2) is 42.2 Å². The molecule has 0 saturated carbocycles. The second-order valence-electron chi connectivity index (χ2n) is 6.35. The molecule has 0 radical (unpaired) electrons. The van der Waals surface area contributed by atoms with Gasteiger partial charge in [-0.05, 0) is 19.1 Å². The van der Waals surface area contributed by atoms with Gasteiger partial charge in [0.15, 0.2) is 0 Å². The van der Waals surface area contributed by atoms with Gasteiger partial charge >= 0.3 is 0 Å². The molecule has 0 aliphatic carbocycles. The number of carbonyl (C=O) groups excluding carboxylic acids is 1. The summed E-state index contributed by atoms with van der Waals surface area (Å²) in [5, 5.41) is 5.88. The smallest absolute Gasteiger partial charge is 0.270 e. The Morgan fingerprint density at radius 3 is 2.58 bits per heavy atom. The molecule has 2 N–H and O–H groups in total. The number of methoxy groups -OCH3 is 1. The third-order valence-corrected chi connectivity index (χ3v) is 4.22. The summed E-state index contributed by atoms with van der Waals surface area (Å²) in [7, 11) is 1.55. The van der Waals surface area contributed by atoms with Crippen LogP contribution in [0.2, 0.25) is 0 Å². The van der Waals surface area contributed by atoms with E-state index >= 15 is 0 Å². The van der Waals surface area contributed by atoms with Crippen LogP contribution < -0.4 is 10.6 Å². The van der Waals surface area contributed by atoms with E-state index in [1.807, 2.05) is 13.8 Å². The van der Waals surface area contributed by atoms with Gasteiger partial charge in [-0.2, -0.15) is 13.8 Å². The van der Waals surface area contributed by atoms with Crippen LogP contribution in [0.1, 0.15) is 24.3 Å². The number of rotatable bonds is 8. The summed E-state index contributed by atoms with van der Waals surface area (Å²) in [6.45, 7) is 4.38. The fourth-order valence-corrected chi connectivity index (χ4v) is 2.47. The Morgan fingerprint density at radius 2 is 2.00 bits per heavy atom. The van der Waals surface area contributed by atoms with E-state index in [9.17, 15) is 13.6 Å². The largest absolute Gasteiger partial charge is 0.384 e. The van der Waals surface area contributed by atoms with Gasteiger partial charge in [-0.3, -0.25) is 9.78 Å². The van der Waals surface area contributed by atoms with Crippen LogP contribution >= 0.6 is 0 Å². The van der Waals surface area contributed by atoms with Crippen molar-refractivity contribution >= 4 is 11.6 Å². The van der Waals surface area contributed by atoms with Gasteiger partial charge in [0.05, 0.1) is 6.61 Å². The van der Waals surface area contributed by atoms with E-state index in [2.05, 4.69) is 20.6 Å². The van der Waals surface area contributed by atoms with E-state index in [1.54, 1.807) is 31.5 Å². The van der Waals surface area contributed by atoms with E-state index in [1.165, 1.54) is 0 Å². The van der Waals surface area contributed by atoms with Crippen LogP contribution in [0, 0.1) is 17.3 Å². The van der Waals surface area contributed by atoms with Crippen molar-refractivity contribution in [3.8, 4) is 0 Å². The van der Waals surface area contributed by atoms with E-state index < -0.39 is 17.3 Å². The molecule has 0 aliphatic rings. The number of pyridine rings is 2. The fourth-order valence-electron chi connectivity index (χ4n) is 2.47. The van der Waals surface area contributed by atoms with Crippen molar-refractivity contribution in [2.75, 3.05) is 25.6 Å². The Hall–Kier alpha value is -2.61. The lowest BCUT2D eigenvalue weighted by Gasteiger charge is -2.36. The minimum absolute atomic E-state index is 0.264. The molecule has 140 valence electrons. The van der Waals surface area contributed by atoms with Gasteiger partial charge in [0.1, 0.15) is 5.69 Å². The minimum atomic E-state index is -0.905. The zero-order chi connectivity index (χ0) is 19.2. The van der Waals surface area contributed by atoms with Gasteiger partial charge in [-0.15, -0.1) is 0 Å². The van der Waals surface area contributed by atoms with Crippen LogP contribution in [-0.2, 0) is 4.74 Å². The molecule has 2 unspecified atom stereocenters. The van der Waals surface area contributed by atoms with Crippen molar-refractivity contribution in [1.82, 2.24) is 15.3 Å². The summed E-state index contributed by atoms with van der Waals surface area (Å²) in [5.41, 5.74) is 0.0287. The monoisotopic (exact) mass is 364 g/mol. The van der Waals surface area contributed by atoms with Gasteiger partial charge in [0.25, 0.3) is 5.91 Å². The number of amides is 1. The number of halogens is 2. The number of ether oxygens (including phenoxy) is 1. The van der Waals surface area contributed by atoms with Crippen LogP contribution in [0.25, 0.3) is 0 Å². The third kappa shape index (κ3) is 5.19. The average Bonchev–Trinajstić information content (AvgIpc) is 2.60. The lowest BCUT2D eigenvalue weighted by molar-refractivity contribution is 0.0660. The highest BCUT2D eigenvalue weighted by Gasteiger charge is 2.33. The van der Waals surface area contributed by atoms with E-state index in [0.29, 0.717) is 18.8 Å². The van der Waals surface area contributed by atoms with Crippen LogP contribution in [0.4, 0.5) is 14.5 Å². The van der Waals surface area contributed by atoms with Crippen molar-refractivity contribution in [1.29, 1.82) is 0 Å². The van der Waals surface area contributed by atoms with Gasteiger partial charge in [0, 0.05) is 49.1 Å². The minimum Gasteiger partial charge on any atom is -0.384 e. The summed E-state index contributed by atoms with van der Waals surface area (Å²) in [6, 6.07) is 6.99. The molecule has 26 heavy (non-hydrogen) atoms. The molecular formula is C18H22F2N4O2. The Bertz CT molecular complexity index is 725. The van der Waals surface area contributed by atoms with E-state index in [0.717, 1.165) is 12.1 Å². The second kappa shape index (κ2) is 8.66. The summed E-state index contributed by atoms with van der Waals surface area (Å²) in [6.07, 6.45) is 1.54. The van der Waals surface area contributed by atoms with Crippen molar-refractivity contribution in [2.24, 2.45) is 5.41 Å². The Kier molecular flexibility index (Phi) is 6.57. The number of anilines is 1. The highest BCUT2D eigenvalue weighted by Crippen LogP contribution is 2.24. The number of hydrogen-bond donors (Lipinski definition) is 2. The first-order chi connectivity index (χ1) is 12.3. The predicted molar refractivity (Wildman–Crippen MR) is 93.8 cm³/mol. The number of nitrogens with zero attached hydrogens (tertiary/aromatic N) is 2. The van der Waals surface area contributed by atoms with Crippen molar-refractivity contribution in [2.45, 2.75) is 19.9 Å². The summed E-state index contributed by atoms with van der Waals surface area (Å²) in [5.74, 6) is -2.11.